The van der Waals surface area contributed by atoms with E-state index in [0.717, 1.165) is 32.5 Å². The highest BCUT2D eigenvalue weighted by Crippen LogP contribution is 2.41. The van der Waals surface area contributed by atoms with Gasteiger partial charge < -0.3 is 10.6 Å². The fraction of sp³-hybridized carbons (Fsp3) is 0.941. The Balaban J connectivity index is 1.61. The Kier molecular flexibility index (Phi) is 4.28. The minimum Gasteiger partial charge on any atom is -0.352 e. The summed E-state index contributed by atoms with van der Waals surface area (Å²) in [4.78, 5) is 15.1. The second-order valence-corrected chi connectivity index (χ2v) is 7.85. The van der Waals surface area contributed by atoms with E-state index in [1.807, 2.05) is 0 Å². The Morgan fingerprint density at radius 1 is 1.24 bits per heavy atom. The zero-order chi connectivity index (χ0) is 15.0. The van der Waals surface area contributed by atoms with Crippen LogP contribution in [-0.2, 0) is 4.79 Å². The molecular weight excluding hydrogens is 262 g/mol. The van der Waals surface area contributed by atoms with Crippen LogP contribution in [0.2, 0.25) is 0 Å². The van der Waals surface area contributed by atoms with Gasteiger partial charge in [-0.2, -0.15) is 0 Å². The van der Waals surface area contributed by atoms with Crippen molar-refractivity contribution < 1.29 is 4.79 Å². The van der Waals surface area contributed by atoms with Gasteiger partial charge in [0, 0.05) is 24.7 Å². The van der Waals surface area contributed by atoms with Gasteiger partial charge in [0.15, 0.2) is 0 Å². The average Bonchev–Trinajstić information content (AvgIpc) is 3.02. The fourth-order valence-corrected chi connectivity index (χ4v) is 4.82. The first-order valence-electron chi connectivity index (χ1n) is 8.78. The van der Waals surface area contributed by atoms with Gasteiger partial charge in [0.2, 0.25) is 5.91 Å². The highest BCUT2D eigenvalue weighted by atomic mass is 16.2. The first kappa shape index (κ1) is 15.3. The number of likely N-dealkylation sites (tertiary alicyclic amines) is 1. The summed E-state index contributed by atoms with van der Waals surface area (Å²) in [5, 5.41) is 6.81. The van der Waals surface area contributed by atoms with Gasteiger partial charge in [0.1, 0.15) is 0 Å². The number of rotatable bonds is 3. The maximum Gasteiger partial charge on any atom is 0.237 e. The van der Waals surface area contributed by atoms with Crippen LogP contribution in [0.5, 0.6) is 0 Å². The molecule has 3 aliphatic rings. The molecule has 3 unspecified atom stereocenters. The Morgan fingerprint density at radius 2 is 1.95 bits per heavy atom. The van der Waals surface area contributed by atoms with E-state index in [1.165, 1.54) is 19.3 Å². The summed E-state index contributed by atoms with van der Waals surface area (Å²) in [5.74, 6) is 1.63. The first-order chi connectivity index (χ1) is 10.00. The zero-order valence-corrected chi connectivity index (χ0v) is 13.8. The van der Waals surface area contributed by atoms with Crippen molar-refractivity contribution in [3.05, 3.63) is 0 Å². The van der Waals surface area contributed by atoms with Crippen molar-refractivity contribution in [2.24, 2.45) is 11.8 Å². The molecule has 2 aliphatic heterocycles. The van der Waals surface area contributed by atoms with E-state index in [2.05, 4.69) is 36.3 Å². The van der Waals surface area contributed by atoms with Gasteiger partial charge in [-0.1, -0.05) is 19.3 Å². The van der Waals surface area contributed by atoms with E-state index in [1.54, 1.807) is 0 Å². The molecule has 1 saturated carbocycles. The van der Waals surface area contributed by atoms with Crippen LogP contribution in [0.3, 0.4) is 0 Å². The number of carbonyl (C=O) groups is 1. The molecule has 0 aromatic heterocycles. The van der Waals surface area contributed by atoms with Crippen molar-refractivity contribution in [3.8, 4) is 0 Å². The SMILES string of the molecule is CC(C(=O)NC1CCCCC1)N1CC2CNCC2C1(C)C. The van der Waals surface area contributed by atoms with Gasteiger partial charge in [-0.25, -0.2) is 0 Å². The van der Waals surface area contributed by atoms with Crippen molar-refractivity contribution in [3.63, 3.8) is 0 Å². The molecule has 3 atom stereocenters. The smallest absolute Gasteiger partial charge is 0.237 e. The highest BCUT2D eigenvalue weighted by molar-refractivity contribution is 5.81. The maximum atomic E-state index is 12.6. The van der Waals surface area contributed by atoms with E-state index in [0.29, 0.717) is 17.9 Å². The Bertz CT molecular complexity index is 389. The summed E-state index contributed by atoms with van der Waals surface area (Å²) in [6.45, 7) is 10.00. The Morgan fingerprint density at radius 3 is 2.62 bits per heavy atom. The lowest BCUT2D eigenvalue weighted by atomic mass is 9.84. The molecule has 2 saturated heterocycles. The number of nitrogens with zero attached hydrogens (tertiary/aromatic N) is 1. The quantitative estimate of drug-likeness (QED) is 0.833. The number of carbonyl (C=O) groups excluding carboxylic acids is 1. The molecule has 0 radical (unpaired) electrons. The molecule has 1 aliphatic carbocycles. The van der Waals surface area contributed by atoms with Crippen LogP contribution in [0.25, 0.3) is 0 Å². The second-order valence-electron chi connectivity index (χ2n) is 7.85. The van der Waals surface area contributed by atoms with Crippen LogP contribution < -0.4 is 10.6 Å². The van der Waals surface area contributed by atoms with Gasteiger partial charge >= 0.3 is 0 Å². The van der Waals surface area contributed by atoms with Crippen molar-refractivity contribution in [1.29, 1.82) is 0 Å². The van der Waals surface area contributed by atoms with Crippen molar-refractivity contribution in [1.82, 2.24) is 15.5 Å². The number of nitrogens with one attached hydrogen (secondary N) is 2. The minimum absolute atomic E-state index is 0.00692. The molecule has 2 N–H and O–H groups in total. The third kappa shape index (κ3) is 2.85. The molecule has 0 aromatic carbocycles. The summed E-state index contributed by atoms with van der Waals surface area (Å²) in [5.41, 5.74) is 0.123. The molecule has 3 rings (SSSR count). The molecular formula is C17H31N3O. The van der Waals surface area contributed by atoms with Crippen LogP contribution in [0.1, 0.15) is 52.9 Å². The lowest BCUT2D eigenvalue weighted by Crippen LogP contribution is -2.55. The summed E-state index contributed by atoms with van der Waals surface area (Å²) < 4.78 is 0. The molecule has 21 heavy (non-hydrogen) atoms. The van der Waals surface area contributed by atoms with E-state index < -0.39 is 0 Å². The average molecular weight is 293 g/mol. The molecule has 120 valence electrons. The van der Waals surface area contributed by atoms with Gasteiger partial charge in [-0.15, -0.1) is 0 Å². The Labute approximate surface area is 129 Å². The molecule has 4 heteroatoms. The number of amides is 1. The van der Waals surface area contributed by atoms with Crippen LogP contribution in [0.15, 0.2) is 0 Å². The standard InChI is InChI=1S/C17H31N3O/c1-12(16(21)19-14-7-5-4-6-8-14)20-11-13-9-18-10-15(13)17(20,2)3/h12-15,18H,4-11H2,1-3H3,(H,19,21). The summed E-state index contributed by atoms with van der Waals surface area (Å²) in [6.07, 6.45) is 6.19. The second kappa shape index (κ2) is 5.88. The Hall–Kier alpha value is -0.610. The summed E-state index contributed by atoms with van der Waals surface area (Å²) in [6, 6.07) is 0.410. The third-order valence-corrected chi connectivity index (χ3v) is 6.22. The van der Waals surface area contributed by atoms with Crippen molar-refractivity contribution >= 4 is 5.91 Å². The first-order valence-corrected chi connectivity index (χ1v) is 8.78. The molecule has 2 heterocycles. The van der Waals surface area contributed by atoms with Gasteiger partial charge in [0.05, 0.1) is 6.04 Å². The highest BCUT2D eigenvalue weighted by Gasteiger charge is 2.51. The number of hydrogen-bond acceptors (Lipinski definition) is 3. The predicted octanol–water partition coefficient (Wildman–Crippen LogP) is 1.75. The van der Waals surface area contributed by atoms with Crippen molar-refractivity contribution in [2.75, 3.05) is 19.6 Å². The van der Waals surface area contributed by atoms with E-state index >= 15 is 0 Å². The topological polar surface area (TPSA) is 44.4 Å². The van der Waals surface area contributed by atoms with E-state index in [9.17, 15) is 4.79 Å². The van der Waals surface area contributed by atoms with Gasteiger partial charge in [-0.05, 0) is 52.0 Å². The zero-order valence-electron chi connectivity index (χ0n) is 13.8. The molecule has 0 aromatic rings. The van der Waals surface area contributed by atoms with E-state index in [4.69, 9.17) is 0 Å². The molecule has 3 fully saturated rings. The lowest BCUT2D eigenvalue weighted by molar-refractivity contribution is -0.128. The van der Waals surface area contributed by atoms with Crippen LogP contribution in [0, 0.1) is 11.8 Å². The van der Waals surface area contributed by atoms with Crippen LogP contribution >= 0.6 is 0 Å². The van der Waals surface area contributed by atoms with Crippen LogP contribution in [-0.4, -0.2) is 48.1 Å². The largest absolute Gasteiger partial charge is 0.352 e. The lowest BCUT2D eigenvalue weighted by Gasteiger charge is -2.39. The molecule has 1 amide bonds. The number of fused-ring (bicyclic) bond motifs is 1. The van der Waals surface area contributed by atoms with Crippen molar-refractivity contribution in [2.45, 2.75) is 70.5 Å². The fourth-order valence-electron chi connectivity index (χ4n) is 4.82. The number of hydrogen-bond donors (Lipinski definition) is 2. The van der Waals surface area contributed by atoms with Gasteiger partial charge in [-0.3, -0.25) is 9.69 Å². The van der Waals surface area contributed by atoms with E-state index in [-0.39, 0.29) is 17.5 Å². The predicted molar refractivity (Wildman–Crippen MR) is 85.1 cm³/mol. The molecule has 4 nitrogen and oxygen atoms in total. The maximum absolute atomic E-state index is 12.6. The monoisotopic (exact) mass is 293 g/mol. The van der Waals surface area contributed by atoms with Gasteiger partial charge in [0.25, 0.3) is 0 Å². The third-order valence-electron chi connectivity index (χ3n) is 6.22. The molecule has 0 spiro atoms. The molecule has 0 bridgehead atoms. The summed E-state index contributed by atoms with van der Waals surface area (Å²) >= 11 is 0. The normalized spacial score (nSPS) is 34.6. The van der Waals surface area contributed by atoms with Crippen LogP contribution in [0.4, 0.5) is 0 Å². The minimum atomic E-state index is -0.00692. The summed E-state index contributed by atoms with van der Waals surface area (Å²) in [7, 11) is 0.